The lowest BCUT2D eigenvalue weighted by atomic mass is 10.2. The Balaban J connectivity index is 1.48. The second-order valence-corrected chi connectivity index (χ2v) is 7.08. The predicted molar refractivity (Wildman–Crippen MR) is 112 cm³/mol. The highest BCUT2D eigenvalue weighted by molar-refractivity contribution is 5.78. The average molecular weight is 393 g/mol. The van der Waals surface area contributed by atoms with Crippen molar-refractivity contribution in [1.29, 1.82) is 5.26 Å². The first-order chi connectivity index (χ1) is 14.1. The fourth-order valence-corrected chi connectivity index (χ4v) is 3.39. The number of ether oxygens (including phenoxy) is 1. The van der Waals surface area contributed by atoms with Gasteiger partial charge in [-0.05, 0) is 36.8 Å². The monoisotopic (exact) mass is 393 g/mol. The normalized spacial score (nSPS) is 14.3. The number of benzene rings is 1. The molecule has 0 aliphatic carbocycles. The second kappa shape index (κ2) is 9.89. The number of rotatable bonds is 7. The number of piperazine rings is 1. The molecular formula is C22H27N5O2. The summed E-state index contributed by atoms with van der Waals surface area (Å²) in [6.45, 7) is 6.61. The van der Waals surface area contributed by atoms with Gasteiger partial charge >= 0.3 is 0 Å². The van der Waals surface area contributed by atoms with Gasteiger partial charge in [-0.3, -0.25) is 9.69 Å². The Kier molecular flexibility index (Phi) is 7.04. The molecule has 2 aromatic rings. The van der Waals surface area contributed by atoms with Gasteiger partial charge < -0.3 is 14.5 Å². The van der Waals surface area contributed by atoms with Gasteiger partial charge in [0.05, 0.1) is 18.7 Å². The van der Waals surface area contributed by atoms with Gasteiger partial charge in [-0.15, -0.1) is 0 Å². The molecule has 2 heterocycles. The molecule has 0 saturated carbocycles. The van der Waals surface area contributed by atoms with Crippen LogP contribution in [-0.4, -0.2) is 67.1 Å². The first-order valence-electron chi connectivity index (χ1n) is 9.89. The largest absolute Gasteiger partial charge is 0.494 e. The Bertz CT molecular complexity index is 854. The molecule has 7 nitrogen and oxygen atoms in total. The highest BCUT2D eigenvalue weighted by Crippen LogP contribution is 2.18. The predicted octanol–water partition coefficient (Wildman–Crippen LogP) is 2.13. The Morgan fingerprint density at radius 2 is 1.93 bits per heavy atom. The number of hydrogen-bond donors (Lipinski definition) is 0. The molecule has 7 heteroatoms. The van der Waals surface area contributed by atoms with Crippen LogP contribution in [0.25, 0.3) is 0 Å². The van der Waals surface area contributed by atoms with Gasteiger partial charge in [0.25, 0.3) is 0 Å². The second-order valence-electron chi connectivity index (χ2n) is 7.08. The first kappa shape index (κ1) is 20.6. The van der Waals surface area contributed by atoms with E-state index in [9.17, 15) is 10.1 Å². The van der Waals surface area contributed by atoms with E-state index >= 15 is 0 Å². The number of pyridine rings is 1. The van der Waals surface area contributed by atoms with Crippen molar-refractivity contribution in [3.63, 3.8) is 0 Å². The molecule has 0 atom stereocenters. The summed E-state index contributed by atoms with van der Waals surface area (Å²) >= 11 is 0. The van der Waals surface area contributed by atoms with E-state index in [-0.39, 0.29) is 5.91 Å². The number of carbonyl (C=O) groups excluding carboxylic acids is 1. The van der Waals surface area contributed by atoms with Crippen LogP contribution in [0.5, 0.6) is 5.75 Å². The van der Waals surface area contributed by atoms with Crippen LogP contribution in [0.2, 0.25) is 0 Å². The smallest absolute Gasteiger partial charge is 0.236 e. The van der Waals surface area contributed by atoms with Crippen LogP contribution in [0.15, 0.2) is 42.6 Å². The number of aromatic nitrogens is 1. The minimum atomic E-state index is 0.0999. The topological polar surface area (TPSA) is 72.7 Å². The molecule has 1 aromatic heterocycles. The molecule has 1 aliphatic heterocycles. The maximum Gasteiger partial charge on any atom is 0.236 e. The molecule has 3 rings (SSSR count). The lowest BCUT2D eigenvalue weighted by Gasteiger charge is -2.35. The lowest BCUT2D eigenvalue weighted by molar-refractivity contribution is -0.131. The maximum atomic E-state index is 12.6. The van der Waals surface area contributed by atoms with E-state index < -0.39 is 0 Å². The number of hydrogen-bond acceptors (Lipinski definition) is 6. The molecule has 0 radical (unpaired) electrons. The van der Waals surface area contributed by atoms with E-state index in [2.05, 4.69) is 20.9 Å². The molecule has 29 heavy (non-hydrogen) atoms. The van der Waals surface area contributed by atoms with Crippen molar-refractivity contribution >= 4 is 11.7 Å². The van der Waals surface area contributed by atoms with Gasteiger partial charge in [-0.2, -0.15) is 5.26 Å². The van der Waals surface area contributed by atoms with Gasteiger partial charge in [0.15, 0.2) is 0 Å². The van der Waals surface area contributed by atoms with Crippen molar-refractivity contribution in [3.05, 3.63) is 53.7 Å². The molecule has 1 aliphatic rings. The molecular weight excluding hydrogens is 366 g/mol. The van der Waals surface area contributed by atoms with Crippen molar-refractivity contribution in [2.75, 3.05) is 51.3 Å². The van der Waals surface area contributed by atoms with Crippen LogP contribution >= 0.6 is 0 Å². The van der Waals surface area contributed by atoms with Gasteiger partial charge in [-0.1, -0.05) is 12.1 Å². The summed E-state index contributed by atoms with van der Waals surface area (Å²) < 4.78 is 5.46. The Labute approximate surface area is 172 Å². The van der Waals surface area contributed by atoms with Crippen LogP contribution in [-0.2, 0) is 11.3 Å². The van der Waals surface area contributed by atoms with Crippen molar-refractivity contribution in [2.24, 2.45) is 0 Å². The Morgan fingerprint density at radius 1 is 1.21 bits per heavy atom. The quantitative estimate of drug-likeness (QED) is 0.718. The molecule has 0 N–H and O–H groups in total. The van der Waals surface area contributed by atoms with Gasteiger partial charge in [0, 0.05) is 46.0 Å². The number of anilines is 1. The van der Waals surface area contributed by atoms with Crippen molar-refractivity contribution in [3.8, 4) is 11.8 Å². The third-order valence-electron chi connectivity index (χ3n) is 5.02. The third-order valence-corrected chi connectivity index (χ3v) is 5.02. The van der Waals surface area contributed by atoms with Crippen LogP contribution < -0.4 is 9.64 Å². The van der Waals surface area contributed by atoms with E-state index in [0.717, 1.165) is 43.3 Å². The highest BCUT2D eigenvalue weighted by Gasteiger charge is 2.22. The average Bonchev–Trinajstić information content (AvgIpc) is 2.76. The minimum absolute atomic E-state index is 0.0999. The number of carbonyl (C=O) groups is 1. The van der Waals surface area contributed by atoms with E-state index in [1.807, 2.05) is 38.2 Å². The number of nitriles is 1. The van der Waals surface area contributed by atoms with Crippen molar-refractivity contribution < 1.29 is 9.53 Å². The summed E-state index contributed by atoms with van der Waals surface area (Å²) in [7, 11) is 1.84. The van der Waals surface area contributed by atoms with Crippen LogP contribution in [0.1, 0.15) is 18.1 Å². The first-order valence-corrected chi connectivity index (χ1v) is 9.89. The molecule has 152 valence electrons. The maximum absolute atomic E-state index is 12.6. The zero-order valence-electron chi connectivity index (χ0n) is 17.0. The third kappa shape index (κ3) is 5.46. The molecule has 1 fully saturated rings. The molecule has 0 bridgehead atoms. The molecule has 1 aromatic carbocycles. The van der Waals surface area contributed by atoms with E-state index in [1.54, 1.807) is 23.2 Å². The zero-order valence-corrected chi connectivity index (χ0v) is 17.0. The standard InChI is InChI=1S/C22H27N5O2/c1-3-29-20-8-6-18(7-9-20)16-25(2)21(28)17-26-11-13-27(14-12-26)22-19(15-23)5-4-10-24-22/h4-10H,3,11-14,16-17H2,1-2H3. The summed E-state index contributed by atoms with van der Waals surface area (Å²) in [5, 5.41) is 9.26. The molecule has 0 unspecified atom stereocenters. The number of nitrogens with zero attached hydrogens (tertiary/aromatic N) is 5. The van der Waals surface area contributed by atoms with Crippen molar-refractivity contribution in [1.82, 2.24) is 14.8 Å². The van der Waals surface area contributed by atoms with E-state index in [0.29, 0.717) is 25.3 Å². The summed E-state index contributed by atoms with van der Waals surface area (Å²) in [6.07, 6.45) is 1.71. The molecule has 0 spiro atoms. The van der Waals surface area contributed by atoms with Gasteiger partial charge in [-0.25, -0.2) is 4.98 Å². The van der Waals surface area contributed by atoms with Gasteiger partial charge in [0.1, 0.15) is 17.6 Å². The lowest BCUT2D eigenvalue weighted by Crippen LogP contribution is -2.50. The number of amides is 1. The Morgan fingerprint density at radius 3 is 2.59 bits per heavy atom. The zero-order chi connectivity index (χ0) is 20.6. The van der Waals surface area contributed by atoms with Crippen LogP contribution in [0.3, 0.4) is 0 Å². The summed E-state index contributed by atoms with van der Waals surface area (Å²) in [5.74, 6) is 1.67. The summed E-state index contributed by atoms with van der Waals surface area (Å²) in [6, 6.07) is 13.6. The molecule has 1 saturated heterocycles. The molecule has 1 amide bonds. The van der Waals surface area contributed by atoms with E-state index in [4.69, 9.17) is 4.74 Å². The van der Waals surface area contributed by atoms with Crippen LogP contribution in [0.4, 0.5) is 5.82 Å². The SMILES string of the molecule is CCOc1ccc(CN(C)C(=O)CN2CCN(c3ncccc3C#N)CC2)cc1. The highest BCUT2D eigenvalue weighted by atomic mass is 16.5. The van der Waals surface area contributed by atoms with Crippen molar-refractivity contribution in [2.45, 2.75) is 13.5 Å². The summed E-state index contributed by atoms with van der Waals surface area (Å²) in [4.78, 5) is 23.0. The Hall–Kier alpha value is -3.11. The summed E-state index contributed by atoms with van der Waals surface area (Å²) in [5.41, 5.74) is 1.67. The fourth-order valence-electron chi connectivity index (χ4n) is 3.39. The number of likely N-dealkylation sites (N-methyl/N-ethyl adjacent to an activating group) is 1. The minimum Gasteiger partial charge on any atom is -0.494 e. The van der Waals surface area contributed by atoms with Crippen LogP contribution in [0, 0.1) is 11.3 Å². The van der Waals surface area contributed by atoms with Gasteiger partial charge in [0.2, 0.25) is 5.91 Å². The fraction of sp³-hybridized carbons (Fsp3) is 0.409. The van der Waals surface area contributed by atoms with E-state index in [1.165, 1.54) is 0 Å².